The van der Waals surface area contributed by atoms with Crippen LogP contribution in [-0.2, 0) is 16.0 Å². The molecule has 18 heavy (non-hydrogen) atoms. The van der Waals surface area contributed by atoms with Gasteiger partial charge in [-0.1, -0.05) is 0 Å². The number of benzene rings is 1. The van der Waals surface area contributed by atoms with Gasteiger partial charge < -0.3 is 15.7 Å². The minimum absolute atomic E-state index is 0.0816. The van der Waals surface area contributed by atoms with Crippen LogP contribution in [0.3, 0.4) is 0 Å². The number of nitrogen functional groups attached to an aromatic ring is 1. The summed E-state index contributed by atoms with van der Waals surface area (Å²) in [5.41, 5.74) is 7.18. The summed E-state index contributed by atoms with van der Waals surface area (Å²) in [6, 6.07) is 5.27. The van der Waals surface area contributed by atoms with Crippen LogP contribution in [0.5, 0.6) is 0 Å². The molecular weight excluding hydrogens is 232 g/mol. The van der Waals surface area contributed by atoms with Crippen molar-refractivity contribution in [1.82, 2.24) is 0 Å². The minimum Gasteiger partial charge on any atom is -0.481 e. The van der Waals surface area contributed by atoms with Gasteiger partial charge in [0.1, 0.15) is 0 Å². The first-order chi connectivity index (χ1) is 8.31. The molecule has 0 bridgehead atoms. The largest absolute Gasteiger partial charge is 0.481 e. The minimum atomic E-state index is -0.920. The van der Waals surface area contributed by atoms with Crippen LogP contribution in [0, 0.1) is 0 Å². The molecule has 1 amide bonds. The summed E-state index contributed by atoms with van der Waals surface area (Å²) in [5.74, 6) is -1.00. The zero-order valence-electron chi connectivity index (χ0n) is 10.4. The molecule has 0 atom stereocenters. The van der Waals surface area contributed by atoms with E-state index < -0.39 is 11.5 Å². The van der Waals surface area contributed by atoms with Gasteiger partial charge in [-0.25, -0.2) is 0 Å². The summed E-state index contributed by atoms with van der Waals surface area (Å²) in [6.07, 6.45) is 0.186. The van der Waals surface area contributed by atoms with E-state index in [1.165, 1.54) is 0 Å². The number of carbonyl (C=O) groups excluding carboxylic acids is 1. The smallest absolute Gasteiger partial charge is 0.305 e. The first-order valence-electron chi connectivity index (χ1n) is 5.74. The Morgan fingerprint density at radius 2 is 2.17 bits per heavy atom. The second-order valence-electron chi connectivity index (χ2n) is 5.18. The van der Waals surface area contributed by atoms with Gasteiger partial charge in [-0.05, 0) is 37.6 Å². The number of aliphatic carboxylic acids is 1. The Kier molecular flexibility index (Phi) is 2.77. The quantitative estimate of drug-likeness (QED) is 0.792. The highest BCUT2D eigenvalue weighted by Gasteiger charge is 2.39. The predicted molar refractivity (Wildman–Crippen MR) is 68.4 cm³/mol. The van der Waals surface area contributed by atoms with Gasteiger partial charge in [0, 0.05) is 11.4 Å². The number of rotatable bonds is 3. The number of fused-ring (bicyclic) bond motifs is 1. The third-order valence-electron chi connectivity index (χ3n) is 3.12. The lowest BCUT2D eigenvalue weighted by molar-refractivity contribution is -0.138. The van der Waals surface area contributed by atoms with Gasteiger partial charge in [0.05, 0.1) is 18.4 Å². The van der Waals surface area contributed by atoms with E-state index in [0.29, 0.717) is 5.69 Å². The monoisotopic (exact) mass is 248 g/mol. The molecule has 3 N–H and O–H groups in total. The van der Waals surface area contributed by atoms with E-state index >= 15 is 0 Å². The van der Waals surface area contributed by atoms with Crippen molar-refractivity contribution in [2.45, 2.75) is 32.2 Å². The summed E-state index contributed by atoms with van der Waals surface area (Å²) in [4.78, 5) is 24.5. The van der Waals surface area contributed by atoms with E-state index in [0.717, 1.165) is 11.3 Å². The highest BCUT2D eigenvalue weighted by molar-refractivity contribution is 6.03. The average Bonchev–Trinajstić information content (AvgIpc) is 2.51. The average molecular weight is 248 g/mol. The van der Waals surface area contributed by atoms with Crippen molar-refractivity contribution in [2.75, 3.05) is 10.6 Å². The molecule has 2 rings (SSSR count). The first-order valence-corrected chi connectivity index (χ1v) is 5.74. The molecule has 0 spiro atoms. The van der Waals surface area contributed by atoms with E-state index in [4.69, 9.17) is 10.8 Å². The molecule has 0 saturated carbocycles. The van der Waals surface area contributed by atoms with Crippen LogP contribution >= 0.6 is 0 Å². The lowest BCUT2D eigenvalue weighted by Crippen LogP contribution is -2.47. The molecule has 0 unspecified atom stereocenters. The van der Waals surface area contributed by atoms with Crippen molar-refractivity contribution in [1.29, 1.82) is 0 Å². The van der Waals surface area contributed by atoms with Gasteiger partial charge in [-0.15, -0.1) is 0 Å². The van der Waals surface area contributed by atoms with Gasteiger partial charge in [-0.2, -0.15) is 0 Å². The van der Waals surface area contributed by atoms with Crippen LogP contribution in [0.4, 0.5) is 11.4 Å². The molecule has 1 heterocycles. The molecule has 0 saturated heterocycles. The third kappa shape index (κ3) is 2.03. The Hall–Kier alpha value is -2.04. The maximum absolute atomic E-state index is 12.1. The Labute approximate surface area is 105 Å². The van der Waals surface area contributed by atoms with Gasteiger partial charge in [-0.3, -0.25) is 9.59 Å². The number of hydrogen-bond acceptors (Lipinski definition) is 3. The van der Waals surface area contributed by atoms with Gasteiger partial charge in [0.15, 0.2) is 0 Å². The van der Waals surface area contributed by atoms with Gasteiger partial charge >= 0.3 is 5.97 Å². The van der Waals surface area contributed by atoms with E-state index in [9.17, 15) is 9.59 Å². The van der Waals surface area contributed by atoms with Crippen molar-refractivity contribution in [3.63, 3.8) is 0 Å². The Morgan fingerprint density at radius 1 is 1.50 bits per heavy atom. The van der Waals surface area contributed by atoms with Crippen molar-refractivity contribution in [3.8, 4) is 0 Å². The lowest BCUT2D eigenvalue weighted by atomic mass is 9.98. The van der Waals surface area contributed by atoms with Crippen LogP contribution in [-0.4, -0.2) is 22.5 Å². The van der Waals surface area contributed by atoms with Crippen molar-refractivity contribution < 1.29 is 14.7 Å². The highest BCUT2D eigenvalue weighted by Crippen LogP contribution is 2.36. The topological polar surface area (TPSA) is 83.6 Å². The second-order valence-corrected chi connectivity index (χ2v) is 5.18. The summed E-state index contributed by atoms with van der Waals surface area (Å²) in [7, 11) is 0. The van der Waals surface area contributed by atoms with Crippen LogP contribution in [0.2, 0.25) is 0 Å². The zero-order valence-corrected chi connectivity index (χ0v) is 10.4. The number of nitrogens with two attached hydrogens (primary N) is 1. The number of carboxylic acid groups (broad SMARTS) is 1. The molecule has 5 heteroatoms. The predicted octanol–water partition coefficient (Wildman–Crippen LogP) is 1.41. The lowest BCUT2D eigenvalue weighted by Gasteiger charge is -2.34. The summed E-state index contributed by atoms with van der Waals surface area (Å²) < 4.78 is 0. The van der Waals surface area contributed by atoms with E-state index in [2.05, 4.69) is 0 Å². The van der Waals surface area contributed by atoms with E-state index in [-0.39, 0.29) is 18.7 Å². The number of nitrogens with zero attached hydrogens (tertiary/aromatic N) is 1. The molecule has 1 aromatic rings. The molecule has 1 aromatic carbocycles. The molecular formula is C13H16N2O3. The molecule has 5 nitrogen and oxygen atoms in total. The SMILES string of the molecule is CC(C)(CC(=O)O)N1C(=O)Cc2cc(N)ccc21. The molecule has 1 aliphatic heterocycles. The normalized spacial score (nSPS) is 14.8. The number of carboxylic acids is 1. The molecule has 0 aliphatic carbocycles. The maximum atomic E-state index is 12.1. The fourth-order valence-corrected chi connectivity index (χ4v) is 2.45. The molecule has 0 aromatic heterocycles. The molecule has 96 valence electrons. The fourth-order valence-electron chi connectivity index (χ4n) is 2.45. The summed E-state index contributed by atoms with van der Waals surface area (Å²) >= 11 is 0. The zero-order chi connectivity index (χ0) is 13.5. The van der Waals surface area contributed by atoms with E-state index in [1.54, 1.807) is 36.9 Å². The third-order valence-corrected chi connectivity index (χ3v) is 3.12. The second kappa shape index (κ2) is 4.01. The van der Waals surface area contributed by atoms with Crippen LogP contribution < -0.4 is 10.6 Å². The molecule has 1 aliphatic rings. The standard InChI is InChI=1S/C13H16N2O3/c1-13(2,7-12(17)18)15-10-4-3-9(14)5-8(10)6-11(15)16/h3-5H,6-7,14H2,1-2H3,(H,17,18). The van der Waals surface area contributed by atoms with Crippen molar-refractivity contribution in [3.05, 3.63) is 23.8 Å². The number of carbonyl (C=O) groups is 2. The van der Waals surface area contributed by atoms with Crippen LogP contribution in [0.15, 0.2) is 18.2 Å². The van der Waals surface area contributed by atoms with Gasteiger partial charge in [0.25, 0.3) is 0 Å². The summed E-state index contributed by atoms with van der Waals surface area (Å²) in [6.45, 7) is 3.51. The maximum Gasteiger partial charge on any atom is 0.305 e. The number of hydrogen-bond donors (Lipinski definition) is 2. The van der Waals surface area contributed by atoms with Crippen LogP contribution in [0.25, 0.3) is 0 Å². The fraction of sp³-hybridized carbons (Fsp3) is 0.385. The van der Waals surface area contributed by atoms with Crippen molar-refractivity contribution >= 4 is 23.3 Å². The molecule has 0 fully saturated rings. The van der Waals surface area contributed by atoms with E-state index in [1.807, 2.05) is 0 Å². The number of amides is 1. The highest BCUT2D eigenvalue weighted by atomic mass is 16.4. The first kappa shape index (κ1) is 12.4. The van der Waals surface area contributed by atoms with Crippen LogP contribution in [0.1, 0.15) is 25.8 Å². The number of anilines is 2. The molecule has 0 radical (unpaired) electrons. The Morgan fingerprint density at radius 3 is 2.78 bits per heavy atom. The van der Waals surface area contributed by atoms with Gasteiger partial charge in [0.2, 0.25) is 5.91 Å². The Bertz CT molecular complexity index is 523. The van der Waals surface area contributed by atoms with Crippen molar-refractivity contribution in [2.24, 2.45) is 0 Å². The Balaban J connectivity index is 2.41. The summed E-state index contributed by atoms with van der Waals surface area (Å²) in [5, 5.41) is 8.93.